The van der Waals surface area contributed by atoms with Gasteiger partial charge < -0.3 is 14.2 Å². The molecule has 1 amide bonds. The van der Waals surface area contributed by atoms with Crippen LogP contribution in [0.25, 0.3) is 0 Å². The van der Waals surface area contributed by atoms with Crippen LogP contribution >= 0.6 is 0 Å². The smallest absolute Gasteiger partial charge is 0.343 e. The predicted octanol–water partition coefficient (Wildman–Crippen LogP) is 3.35. The quantitative estimate of drug-likeness (QED) is 0.174. The van der Waals surface area contributed by atoms with E-state index < -0.39 is 16.8 Å². The third-order valence-corrected chi connectivity index (χ3v) is 4.21. The molecule has 1 N–H and O–H groups in total. The number of amides is 1. The topological polar surface area (TPSA) is 129 Å². The Kier molecular flexibility index (Phi) is 7.68. The fourth-order valence-electron chi connectivity index (χ4n) is 2.58. The van der Waals surface area contributed by atoms with Gasteiger partial charge in [-0.05, 0) is 54.1 Å². The molecular weight excluding hydrogens is 430 g/mol. The number of esters is 1. The summed E-state index contributed by atoms with van der Waals surface area (Å²) in [7, 11) is 1.54. The van der Waals surface area contributed by atoms with Crippen LogP contribution in [0.1, 0.15) is 15.9 Å². The summed E-state index contributed by atoms with van der Waals surface area (Å²) in [5.74, 6) is 0.207. The minimum absolute atomic E-state index is 0.0756. The van der Waals surface area contributed by atoms with Gasteiger partial charge in [-0.3, -0.25) is 14.9 Å². The van der Waals surface area contributed by atoms with Crippen molar-refractivity contribution in [3.05, 3.63) is 94.0 Å². The van der Waals surface area contributed by atoms with Gasteiger partial charge in [0.15, 0.2) is 6.61 Å². The fraction of sp³-hybridized carbons (Fsp3) is 0.0870. The molecule has 168 valence electrons. The lowest BCUT2D eigenvalue weighted by atomic mass is 10.2. The molecule has 0 heterocycles. The number of benzene rings is 3. The van der Waals surface area contributed by atoms with E-state index in [-0.39, 0.29) is 12.3 Å². The first kappa shape index (κ1) is 22.9. The molecule has 0 radical (unpaired) electrons. The van der Waals surface area contributed by atoms with Crippen LogP contribution in [0.15, 0.2) is 77.9 Å². The van der Waals surface area contributed by atoms with Crippen molar-refractivity contribution < 1.29 is 28.7 Å². The van der Waals surface area contributed by atoms with E-state index in [4.69, 9.17) is 14.2 Å². The Labute approximate surface area is 188 Å². The second-order valence-electron chi connectivity index (χ2n) is 6.52. The Hall–Kier alpha value is -4.73. The van der Waals surface area contributed by atoms with Crippen LogP contribution in [0.3, 0.4) is 0 Å². The van der Waals surface area contributed by atoms with Gasteiger partial charge >= 0.3 is 5.97 Å². The van der Waals surface area contributed by atoms with Crippen LogP contribution in [-0.4, -0.2) is 36.7 Å². The number of nitro benzene ring substituents is 1. The molecule has 0 aliphatic heterocycles. The summed E-state index contributed by atoms with van der Waals surface area (Å²) in [4.78, 5) is 34.2. The van der Waals surface area contributed by atoms with E-state index in [1.165, 1.54) is 37.6 Å². The first-order valence-electron chi connectivity index (χ1n) is 9.60. The Bertz CT molecular complexity index is 1160. The van der Waals surface area contributed by atoms with Crippen LogP contribution in [0, 0.1) is 10.1 Å². The van der Waals surface area contributed by atoms with Crippen LogP contribution < -0.4 is 19.6 Å². The highest BCUT2D eigenvalue weighted by atomic mass is 16.6. The van der Waals surface area contributed by atoms with E-state index in [1.54, 1.807) is 48.5 Å². The monoisotopic (exact) mass is 449 g/mol. The first-order chi connectivity index (χ1) is 15.9. The number of nitro groups is 1. The fourth-order valence-corrected chi connectivity index (χ4v) is 2.58. The summed E-state index contributed by atoms with van der Waals surface area (Å²) in [6, 6.07) is 18.5. The molecule has 3 aromatic rings. The van der Waals surface area contributed by atoms with E-state index in [0.717, 1.165) is 0 Å². The number of nitrogens with zero attached hydrogens (tertiary/aromatic N) is 2. The van der Waals surface area contributed by atoms with Crippen molar-refractivity contribution in [2.45, 2.75) is 0 Å². The van der Waals surface area contributed by atoms with Crippen molar-refractivity contribution in [1.29, 1.82) is 0 Å². The molecule has 10 nitrogen and oxygen atoms in total. The number of ether oxygens (including phenoxy) is 3. The van der Waals surface area contributed by atoms with E-state index >= 15 is 0 Å². The van der Waals surface area contributed by atoms with Crippen LogP contribution in [-0.2, 0) is 4.79 Å². The first-order valence-corrected chi connectivity index (χ1v) is 9.60. The molecule has 0 atom stereocenters. The van der Waals surface area contributed by atoms with Gasteiger partial charge in [-0.25, -0.2) is 10.2 Å². The van der Waals surface area contributed by atoms with Gasteiger partial charge in [0, 0.05) is 12.1 Å². The van der Waals surface area contributed by atoms with Crippen molar-refractivity contribution in [3.63, 3.8) is 0 Å². The van der Waals surface area contributed by atoms with Crippen LogP contribution in [0.5, 0.6) is 17.2 Å². The minimum atomic E-state index is -0.528. The highest BCUT2D eigenvalue weighted by Crippen LogP contribution is 2.18. The number of hydrazone groups is 1. The molecule has 0 bridgehead atoms. The normalized spacial score (nSPS) is 10.5. The zero-order valence-electron chi connectivity index (χ0n) is 17.5. The van der Waals surface area contributed by atoms with Crippen molar-refractivity contribution in [3.8, 4) is 17.2 Å². The van der Waals surface area contributed by atoms with Crippen molar-refractivity contribution in [2.24, 2.45) is 5.10 Å². The highest BCUT2D eigenvalue weighted by Gasteiger charge is 2.09. The molecule has 0 fully saturated rings. The molecule has 0 aromatic heterocycles. The molecule has 3 rings (SSSR count). The van der Waals surface area contributed by atoms with Crippen molar-refractivity contribution in [2.75, 3.05) is 13.7 Å². The molecule has 0 saturated heterocycles. The van der Waals surface area contributed by atoms with Gasteiger partial charge in [-0.2, -0.15) is 5.10 Å². The number of hydrogen-bond acceptors (Lipinski definition) is 8. The highest BCUT2D eigenvalue weighted by molar-refractivity contribution is 5.91. The maximum Gasteiger partial charge on any atom is 0.343 e. The summed E-state index contributed by atoms with van der Waals surface area (Å²) >= 11 is 0. The van der Waals surface area contributed by atoms with Crippen LogP contribution in [0.2, 0.25) is 0 Å². The van der Waals surface area contributed by atoms with E-state index in [1.807, 2.05) is 0 Å². The molecule has 0 unspecified atom stereocenters. The Morgan fingerprint density at radius 1 is 1.00 bits per heavy atom. The Balaban J connectivity index is 1.49. The van der Waals surface area contributed by atoms with Gasteiger partial charge in [0.1, 0.15) is 17.2 Å². The van der Waals surface area contributed by atoms with E-state index in [9.17, 15) is 19.7 Å². The molecule has 0 aliphatic carbocycles. The number of rotatable bonds is 9. The summed E-state index contributed by atoms with van der Waals surface area (Å²) < 4.78 is 15.7. The number of carbonyl (C=O) groups is 2. The Morgan fingerprint density at radius 3 is 2.36 bits per heavy atom. The largest absolute Gasteiger partial charge is 0.497 e. The molecule has 33 heavy (non-hydrogen) atoms. The maximum atomic E-state index is 12.3. The number of hydrogen-bond donors (Lipinski definition) is 1. The average Bonchev–Trinajstić information content (AvgIpc) is 2.83. The van der Waals surface area contributed by atoms with Crippen molar-refractivity contribution in [1.82, 2.24) is 5.43 Å². The van der Waals surface area contributed by atoms with Gasteiger partial charge in [-0.15, -0.1) is 0 Å². The summed E-state index contributed by atoms with van der Waals surface area (Å²) in [5.41, 5.74) is 3.19. The van der Waals surface area contributed by atoms with Gasteiger partial charge in [0.25, 0.3) is 11.6 Å². The summed E-state index contributed by atoms with van der Waals surface area (Å²) in [5, 5.41) is 14.5. The maximum absolute atomic E-state index is 12.3. The van der Waals surface area contributed by atoms with Gasteiger partial charge in [0.2, 0.25) is 0 Å². The number of methoxy groups -OCH3 is 1. The third kappa shape index (κ3) is 6.89. The van der Waals surface area contributed by atoms with Crippen LogP contribution in [0.4, 0.5) is 5.69 Å². The number of nitrogens with one attached hydrogen (secondary N) is 1. The summed E-state index contributed by atoms with van der Waals surface area (Å²) in [6.07, 6.45) is 1.38. The lowest BCUT2D eigenvalue weighted by Crippen LogP contribution is -2.24. The zero-order chi connectivity index (χ0) is 23.6. The second-order valence-corrected chi connectivity index (χ2v) is 6.52. The standard InChI is InChI=1S/C23H19N3O7/c1-31-19-9-5-17(6-10-19)23(28)33-21-4-2-3-16(13-21)14-24-25-22(27)15-32-20-11-7-18(8-12-20)26(29)30/h2-14H,15H2,1H3,(H,25,27)/b24-14+. The Morgan fingerprint density at radius 2 is 1.70 bits per heavy atom. The van der Waals surface area contributed by atoms with Gasteiger partial charge in [-0.1, -0.05) is 12.1 Å². The second kappa shape index (κ2) is 11.0. The van der Waals surface area contributed by atoms with Gasteiger partial charge in [0.05, 0.1) is 23.8 Å². The van der Waals surface area contributed by atoms with Crippen molar-refractivity contribution >= 4 is 23.8 Å². The predicted molar refractivity (Wildman–Crippen MR) is 119 cm³/mol. The number of non-ortho nitro benzene ring substituents is 1. The molecule has 0 spiro atoms. The minimum Gasteiger partial charge on any atom is -0.497 e. The lowest BCUT2D eigenvalue weighted by Gasteiger charge is -2.06. The number of carbonyl (C=O) groups excluding carboxylic acids is 2. The van der Waals surface area contributed by atoms with E-state index in [0.29, 0.717) is 28.4 Å². The third-order valence-electron chi connectivity index (χ3n) is 4.21. The van der Waals surface area contributed by atoms with E-state index in [2.05, 4.69) is 10.5 Å². The molecule has 10 heteroatoms. The summed E-state index contributed by atoms with van der Waals surface area (Å²) in [6.45, 7) is -0.325. The molecule has 3 aromatic carbocycles. The molecular formula is C23H19N3O7. The SMILES string of the molecule is COc1ccc(C(=O)Oc2cccc(/C=N/NC(=O)COc3ccc([N+](=O)[O-])cc3)c2)cc1. The lowest BCUT2D eigenvalue weighted by molar-refractivity contribution is -0.384. The molecule has 0 aliphatic rings. The molecule has 0 saturated carbocycles. The zero-order valence-corrected chi connectivity index (χ0v) is 17.5. The average molecular weight is 449 g/mol.